The van der Waals surface area contributed by atoms with E-state index in [0.29, 0.717) is 11.3 Å². The molecule has 1 aliphatic carbocycles. The van der Waals surface area contributed by atoms with Gasteiger partial charge in [-0.2, -0.15) is 5.10 Å². The van der Waals surface area contributed by atoms with Crippen LogP contribution < -0.4 is 5.32 Å². The highest BCUT2D eigenvalue weighted by Crippen LogP contribution is 2.42. The van der Waals surface area contributed by atoms with Crippen molar-refractivity contribution in [3.05, 3.63) is 27.9 Å². The lowest BCUT2D eigenvalue weighted by atomic mass is 9.72. The molecule has 0 aromatic carbocycles. The third-order valence-corrected chi connectivity index (χ3v) is 8.72. The fourth-order valence-electron chi connectivity index (χ4n) is 4.29. The number of nitrogens with zero attached hydrogens (tertiary/aromatic N) is 5. The van der Waals surface area contributed by atoms with Crippen molar-refractivity contribution < 1.29 is 4.79 Å². The van der Waals surface area contributed by atoms with Crippen LogP contribution in [-0.2, 0) is 31.7 Å². The smallest absolute Gasteiger partial charge is 0.234 e. The molecule has 0 fully saturated rings. The molecule has 0 saturated heterocycles. The van der Waals surface area contributed by atoms with Gasteiger partial charge in [0.25, 0.3) is 0 Å². The largest absolute Gasteiger partial charge is 0.322 e. The molecule has 0 bridgehead atoms. The van der Waals surface area contributed by atoms with E-state index in [0.717, 1.165) is 45.8 Å². The molecule has 0 saturated carbocycles. The van der Waals surface area contributed by atoms with Crippen molar-refractivity contribution in [1.29, 1.82) is 0 Å². The summed E-state index contributed by atoms with van der Waals surface area (Å²) < 4.78 is 3.77. The average Bonchev–Trinajstić information content (AvgIpc) is 3.37. The predicted molar refractivity (Wildman–Crippen MR) is 131 cm³/mol. The lowest BCUT2D eigenvalue weighted by Gasteiger charge is -2.33. The summed E-state index contributed by atoms with van der Waals surface area (Å²) in [6, 6.07) is 2.30. The molecule has 1 aliphatic rings. The lowest BCUT2D eigenvalue weighted by Crippen LogP contribution is -2.26. The molecule has 1 amide bonds. The molecule has 1 atom stereocenters. The van der Waals surface area contributed by atoms with Gasteiger partial charge in [0.05, 0.1) is 27.7 Å². The number of hydrogen-bond donors (Lipinski definition) is 1. The Kier molecular flexibility index (Phi) is 6.24. The minimum atomic E-state index is -0.0708. The number of amides is 1. The van der Waals surface area contributed by atoms with Crippen LogP contribution in [-0.4, -0.2) is 36.2 Å². The monoisotopic (exact) mass is 472 g/mol. The highest BCUT2D eigenvalue weighted by molar-refractivity contribution is 7.99. The number of aryl methyl sites for hydroxylation is 3. The molecule has 3 aromatic rings. The maximum Gasteiger partial charge on any atom is 0.234 e. The van der Waals surface area contributed by atoms with Crippen molar-refractivity contribution in [1.82, 2.24) is 24.5 Å². The second-order valence-electron chi connectivity index (χ2n) is 9.74. The van der Waals surface area contributed by atoms with Crippen LogP contribution >= 0.6 is 23.1 Å². The first kappa shape index (κ1) is 23.0. The van der Waals surface area contributed by atoms with E-state index in [2.05, 4.69) is 47.5 Å². The first-order valence-corrected chi connectivity index (χ1v) is 12.8. The van der Waals surface area contributed by atoms with E-state index in [1.54, 1.807) is 4.68 Å². The summed E-state index contributed by atoms with van der Waals surface area (Å²) in [6.07, 6.45) is 3.54. The second-order valence-corrected chi connectivity index (χ2v) is 11.8. The van der Waals surface area contributed by atoms with Gasteiger partial charge >= 0.3 is 0 Å². The molecule has 9 heteroatoms. The van der Waals surface area contributed by atoms with Crippen molar-refractivity contribution >= 4 is 34.7 Å². The van der Waals surface area contributed by atoms with E-state index in [1.807, 2.05) is 43.8 Å². The van der Waals surface area contributed by atoms with Crippen molar-refractivity contribution in [2.24, 2.45) is 25.4 Å². The standard InChI is InChI=1S/C23H32N6OS2/c1-13-20(14(2)29(7)27-13)24-19(30)12-31-22-26-25-21(28(22)6)18-11-15-10-16(23(3,4)5)8-9-17(15)32-18/h11,16H,8-10,12H2,1-7H3,(H,24,30). The predicted octanol–water partition coefficient (Wildman–Crippen LogP) is 4.78. The van der Waals surface area contributed by atoms with E-state index in [9.17, 15) is 4.79 Å². The molecule has 3 aromatic heterocycles. The Morgan fingerprint density at radius 2 is 2.03 bits per heavy atom. The fourth-order valence-corrected chi connectivity index (χ4v) is 6.23. The van der Waals surface area contributed by atoms with Gasteiger partial charge < -0.3 is 9.88 Å². The minimum Gasteiger partial charge on any atom is -0.322 e. The van der Waals surface area contributed by atoms with E-state index < -0.39 is 0 Å². The quantitative estimate of drug-likeness (QED) is 0.541. The number of fused-ring (bicyclic) bond motifs is 1. The number of nitrogens with one attached hydrogen (secondary N) is 1. The van der Waals surface area contributed by atoms with Gasteiger partial charge in [0.1, 0.15) is 0 Å². The average molecular weight is 473 g/mol. The zero-order chi connectivity index (χ0) is 23.2. The highest BCUT2D eigenvalue weighted by atomic mass is 32.2. The fraction of sp³-hybridized carbons (Fsp3) is 0.565. The molecule has 4 rings (SSSR count). The Hall–Kier alpha value is -2.13. The third kappa shape index (κ3) is 4.50. The molecular formula is C23H32N6OS2. The van der Waals surface area contributed by atoms with Gasteiger partial charge in [-0.3, -0.25) is 9.48 Å². The van der Waals surface area contributed by atoms with Gasteiger partial charge in [-0.1, -0.05) is 32.5 Å². The molecule has 1 N–H and O–H groups in total. The van der Waals surface area contributed by atoms with Gasteiger partial charge in [-0.05, 0) is 56.1 Å². The highest BCUT2D eigenvalue weighted by Gasteiger charge is 2.30. The Balaban J connectivity index is 1.43. The molecule has 1 unspecified atom stereocenters. The van der Waals surface area contributed by atoms with Crippen molar-refractivity contribution in [3.8, 4) is 10.7 Å². The first-order valence-electron chi connectivity index (χ1n) is 11.0. The molecule has 0 aliphatic heterocycles. The number of thioether (sulfide) groups is 1. The summed E-state index contributed by atoms with van der Waals surface area (Å²) in [5.74, 6) is 1.79. The number of carbonyl (C=O) groups is 1. The molecule has 0 radical (unpaired) electrons. The van der Waals surface area contributed by atoms with Crippen LogP contribution in [0.5, 0.6) is 0 Å². The van der Waals surface area contributed by atoms with Crippen LogP contribution in [0.4, 0.5) is 5.69 Å². The lowest BCUT2D eigenvalue weighted by molar-refractivity contribution is -0.113. The van der Waals surface area contributed by atoms with Gasteiger partial charge in [0.15, 0.2) is 11.0 Å². The van der Waals surface area contributed by atoms with Gasteiger partial charge in [0, 0.05) is 19.0 Å². The summed E-state index contributed by atoms with van der Waals surface area (Å²) >= 11 is 3.24. The van der Waals surface area contributed by atoms with Crippen molar-refractivity contribution in [2.45, 2.75) is 59.0 Å². The SMILES string of the molecule is Cc1nn(C)c(C)c1NC(=O)CSc1nnc(-c2cc3c(s2)CCC(C(C)(C)C)C3)n1C. The first-order chi connectivity index (χ1) is 15.0. The molecule has 32 heavy (non-hydrogen) atoms. The van der Waals surface area contributed by atoms with Crippen LogP contribution in [0.3, 0.4) is 0 Å². The van der Waals surface area contributed by atoms with E-state index >= 15 is 0 Å². The summed E-state index contributed by atoms with van der Waals surface area (Å²) in [4.78, 5) is 15.2. The number of anilines is 1. The molecule has 7 nitrogen and oxygen atoms in total. The van der Waals surface area contributed by atoms with Crippen molar-refractivity contribution in [3.63, 3.8) is 0 Å². The molecular weight excluding hydrogens is 440 g/mol. The third-order valence-electron chi connectivity index (χ3n) is 6.47. The maximum atomic E-state index is 12.5. The Morgan fingerprint density at radius 1 is 1.28 bits per heavy atom. The van der Waals surface area contributed by atoms with Gasteiger partial charge in [-0.15, -0.1) is 21.5 Å². The molecule has 0 spiro atoms. The number of rotatable bonds is 5. The Labute approximate surface area is 198 Å². The topological polar surface area (TPSA) is 77.6 Å². The van der Waals surface area contributed by atoms with E-state index in [4.69, 9.17) is 0 Å². The maximum absolute atomic E-state index is 12.5. The minimum absolute atomic E-state index is 0.0708. The molecule has 172 valence electrons. The number of hydrogen-bond acceptors (Lipinski definition) is 6. The zero-order valence-electron chi connectivity index (χ0n) is 19.9. The van der Waals surface area contributed by atoms with Crippen LogP contribution in [0.15, 0.2) is 11.2 Å². The van der Waals surface area contributed by atoms with Crippen LogP contribution in [0, 0.1) is 25.2 Å². The van der Waals surface area contributed by atoms with Gasteiger partial charge in [-0.25, -0.2) is 0 Å². The van der Waals surface area contributed by atoms with Gasteiger partial charge in [0.2, 0.25) is 5.91 Å². The van der Waals surface area contributed by atoms with Crippen LogP contribution in [0.25, 0.3) is 10.7 Å². The normalized spacial score (nSPS) is 16.3. The summed E-state index contributed by atoms with van der Waals surface area (Å²) in [7, 11) is 3.85. The number of aromatic nitrogens is 5. The second kappa shape index (κ2) is 8.67. The number of thiophene rings is 1. The summed E-state index contributed by atoms with van der Waals surface area (Å²) in [5.41, 5.74) is 4.35. The Morgan fingerprint density at radius 3 is 2.69 bits per heavy atom. The summed E-state index contributed by atoms with van der Waals surface area (Å²) in [5, 5.41) is 16.9. The zero-order valence-corrected chi connectivity index (χ0v) is 21.6. The van der Waals surface area contributed by atoms with Crippen LogP contribution in [0.1, 0.15) is 49.0 Å². The van der Waals surface area contributed by atoms with Crippen molar-refractivity contribution in [2.75, 3.05) is 11.1 Å². The van der Waals surface area contributed by atoms with E-state index in [1.165, 1.54) is 28.6 Å². The van der Waals surface area contributed by atoms with Crippen LogP contribution in [0.2, 0.25) is 0 Å². The Bertz CT molecular complexity index is 1150. The number of carbonyl (C=O) groups excluding carboxylic acids is 1. The molecule has 3 heterocycles. The summed E-state index contributed by atoms with van der Waals surface area (Å²) in [6.45, 7) is 10.9. The van der Waals surface area contributed by atoms with E-state index in [-0.39, 0.29) is 11.7 Å².